The summed E-state index contributed by atoms with van der Waals surface area (Å²) in [5.74, 6) is 1.22. The SMILES string of the molecule is CCCCc1nc2[nH]ccn2c(=O)c1Cc1ccc(-c2ccccc2-c2nnn[nH]2)cc1. The van der Waals surface area contributed by atoms with Crippen LogP contribution in [-0.2, 0) is 12.8 Å². The van der Waals surface area contributed by atoms with Crippen LogP contribution in [0.2, 0.25) is 0 Å². The summed E-state index contributed by atoms with van der Waals surface area (Å²) in [6.07, 6.45) is 6.88. The van der Waals surface area contributed by atoms with Crippen molar-refractivity contribution in [3.8, 4) is 22.5 Å². The number of hydrogen-bond acceptors (Lipinski definition) is 5. The first kappa shape index (κ1) is 19.9. The van der Waals surface area contributed by atoms with Crippen molar-refractivity contribution < 1.29 is 0 Å². The van der Waals surface area contributed by atoms with Gasteiger partial charge in [-0.1, -0.05) is 61.9 Å². The fourth-order valence-corrected chi connectivity index (χ4v) is 3.99. The predicted octanol–water partition coefficient (Wildman–Crippen LogP) is 3.80. The predicted molar refractivity (Wildman–Crippen MR) is 122 cm³/mol. The fourth-order valence-electron chi connectivity index (χ4n) is 3.99. The van der Waals surface area contributed by atoms with Crippen molar-refractivity contribution in [3.05, 3.63) is 88.1 Å². The van der Waals surface area contributed by atoms with E-state index in [2.05, 4.69) is 56.8 Å². The number of nitrogens with one attached hydrogen (secondary N) is 2. The molecule has 0 fully saturated rings. The Balaban J connectivity index is 1.48. The number of tetrazole rings is 1. The van der Waals surface area contributed by atoms with Crippen LogP contribution in [0.25, 0.3) is 28.3 Å². The number of aromatic nitrogens is 7. The number of unbranched alkanes of at least 4 members (excludes halogenated alkanes) is 1. The van der Waals surface area contributed by atoms with Crippen molar-refractivity contribution in [2.75, 3.05) is 0 Å². The highest BCUT2D eigenvalue weighted by Crippen LogP contribution is 2.30. The van der Waals surface area contributed by atoms with Gasteiger partial charge in [0.05, 0.1) is 5.69 Å². The number of aromatic amines is 2. The van der Waals surface area contributed by atoms with Crippen molar-refractivity contribution in [2.24, 2.45) is 0 Å². The number of benzene rings is 2. The number of imidazole rings is 1. The van der Waals surface area contributed by atoms with Gasteiger partial charge in [-0.2, -0.15) is 0 Å². The Labute approximate surface area is 184 Å². The monoisotopic (exact) mass is 425 g/mol. The molecule has 0 spiro atoms. The van der Waals surface area contributed by atoms with Gasteiger partial charge >= 0.3 is 0 Å². The summed E-state index contributed by atoms with van der Waals surface area (Å²) in [5.41, 5.74) is 5.74. The second-order valence-corrected chi connectivity index (χ2v) is 7.77. The van der Waals surface area contributed by atoms with Gasteiger partial charge < -0.3 is 4.98 Å². The number of hydrogen-bond donors (Lipinski definition) is 2. The van der Waals surface area contributed by atoms with Crippen LogP contribution in [0.15, 0.2) is 65.7 Å². The van der Waals surface area contributed by atoms with E-state index in [9.17, 15) is 4.79 Å². The number of rotatable bonds is 7. The lowest BCUT2D eigenvalue weighted by atomic mass is 9.96. The second kappa shape index (κ2) is 8.58. The lowest BCUT2D eigenvalue weighted by molar-refractivity contribution is 0.760. The Bertz CT molecular complexity index is 1400. The largest absolute Gasteiger partial charge is 0.330 e. The molecule has 0 aliphatic heterocycles. The summed E-state index contributed by atoms with van der Waals surface area (Å²) in [6.45, 7) is 2.14. The molecule has 2 N–H and O–H groups in total. The molecule has 3 aromatic heterocycles. The highest BCUT2D eigenvalue weighted by atomic mass is 16.1. The van der Waals surface area contributed by atoms with Crippen molar-refractivity contribution in [1.29, 1.82) is 0 Å². The maximum Gasteiger partial charge on any atom is 0.262 e. The molecule has 8 heteroatoms. The van der Waals surface area contributed by atoms with E-state index in [0.717, 1.165) is 52.8 Å². The highest BCUT2D eigenvalue weighted by Gasteiger charge is 2.15. The Morgan fingerprint density at radius 2 is 1.84 bits per heavy atom. The number of H-pyrrole nitrogens is 2. The first-order valence-corrected chi connectivity index (χ1v) is 10.7. The summed E-state index contributed by atoms with van der Waals surface area (Å²) in [5, 5.41) is 14.3. The molecular formula is C24H23N7O. The normalized spacial score (nSPS) is 11.3. The summed E-state index contributed by atoms with van der Waals surface area (Å²) >= 11 is 0. The zero-order valence-corrected chi connectivity index (χ0v) is 17.7. The summed E-state index contributed by atoms with van der Waals surface area (Å²) in [7, 11) is 0. The van der Waals surface area contributed by atoms with E-state index in [1.54, 1.807) is 16.8 Å². The van der Waals surface area contributed by atoms with Crippen LogP contribution in [0.5, 0.6) is 0 Å². The van der Waals surface area contributed by atoms with Gasteiger partial charge in [0.15, 0.2) is 5.82 Å². The minimum absolute atomic E-state index is 0.00501. The lowest BCUT2D eigenvalue weighted by Crippen LogP contribution is -2.22. The Morgan fingerprint density at radius 1 is 1.03 bits per heavy atom. The summed E-state index contributed by atoms with van der Waals surface area (Å²) in [4.78, 5) is 20.9. The lowest BCUT2D eigenvalue weighted by Gasteiger charge is -2.11. The molecule has 0 unspecified atom stereocenters. The summed E-state index contributed by atoms with van der Waals surface area (Å²) in [6, 6.07) is 16.3. The maximum absolute atomic E-state index is 13.1. The zero-order chi connectivity index (χ0) is 21.9. The quantitative estimate of drug-likeness (QED) is 0.413. The molecule has 160 valence electrons. The van der Waals surface area contributed by atoms with Gasteiger partial charge in [0.1, 0.15) is 0 Å². The Hall–Kier alpha value is -4.07. The van der Waals surface area contributed by atoms with E-state index in [0.29, 0.717) is 18.0 Å². The molecular weight excluding hydrogens is 402 g/mol. The minimum Gasteiger partial charge on any atom is -0.330 e. The standard InChI is InChI=1S/C24H23N7O/c1-2-3-8-21-20(23(32)31-14-13-25-24(31)26-21)15-16-9-11-17(12-10-16)18-6-4-5-7-19(18)22-27-29-30-28-22/h4-7,9-14H,2-3,8,15H2,1H3,(H,25,26)(H,27,28,29,30). The first-order valence-electron chi connectivity index (χ1n) is 10.7. The van der Waals surface area contributed by atoms with Gasteiger partial charge in [-0.15, -0.1) is 5.10 Å². The van der Waals surface area contributed by atoms with Crippen molar-refractivity contribution in [1.82, 2.24) is 35.0 Å². The van der Waals surface area contributed by atoms with Gasteiger partial charge in [-0.25, -0.2) is 10.1 Å². The fraction of sp³-hybridized carbons (Fsp3) is 0.208. The van der Waals surface area contributed by atoms with Crippen LogP contribution in [0.3, 0.4) is 0 Å². The van der Waals surface area contributed by atoms with Crippen LogP contribution >= 0.6 is 0 Å². The van der Waals surface area contributed by atoms with Crippen LogP contribution in [0, 0.1) is 0 Å². The average Bonchev–Trinajstić information content (AvgIpc) is 3.53. The minimum atomic E-state index is -0.00501. The van der Waals surface area contributed by atoms with E-state index in [4.69, 9.17) is 4.98 Å². The molecule has 32 heavy (non-hydrogen) atoms. The van der Waals surface area contributed by atoms with Crippen molar-refractivity contribution >= 4 is 5.78 Å². The van der Waals surface area contributed by atoms with Crippen LogP contribution in [0.1, 0.15) is 36.6 Å². The molecule has 5 rings (SSSR count). The molecule has 5 aromatic rings. The topological polar surface area (TPSA) is 105 Å². The number of nitrogens with zero attached hydrogens (tertiary/aromatic N) is 5. The van der Waals surface area contributed by atoms with Crippen LogP contribution in [0.4, 0.5) is 0 Å². The Morgan fingerprint density at radius 3 is 2.59 bits per heavy atom. The van der Waals surface area contributed by atoms with Crippen molar-refractivity contribution in [3.63, 3.8) is 0 Å². The maximum atomic E-state index is 13.1. The van der Waals surface area contributed by atoms with Crippen molar-refractivity contribution in [2.45, 2.75) is 32.6 Å². The van der Waals surface area contributed by atoms with E-state index in [-0.39, 0.29) is 5.56 Å². The molecule has 0 saturated heterocycles. The molecule has 0 amide bonds. The van der Waals surface area contributed by atoms with Crippen LogP contribution < -0.4 is 5.56 Å². The van der Waals surface area contributed by atoms with Gasteiger partial charge in [-0.3, -0.25) is 9.20 Å². The zero-order valence-electron chi connectivity index (χ0n) is 17.7. The van der Waals surface area contributed by atoms with Gasteiger partial charge in [0, 0.05) is 29.9 Å². The van der Waals surface area contributed by atoms with Gasteiger partial charge in [0.25, 0.3) is 5.56 Å². The first-order chi connectivity index (χ1) is 15.7. The molecule has 0 bridgehead atoms. The molecule has 0 aliphatic carbocycles. The molecule has 3 heterocycles. The highest BCUT2D eigenvalue weighted by molar-refractivity contribution is 5.80. The van der Waals surface area contributed by atoms with E-state index >= 15 is 0 Å². The third kappa shape index (κ3) is 3.71. The molecule has 0 saturated carbocycles. The molecule has 2 aromatic carbocycles. The third-order valence-electron chi connectivity index (χ3n) is 5.67. The number of fused-ring (bicyclic) bond motifs is 1. The third-order valence-corrected chi connectivity index (χ3v) is 5.67. The van der Waals surface area contributed by atoms with E-state index in [1.807, 2.05) is 24.3 Å². The molecule has 0 atom stereocenters. The summed E-state index contributed by atoms with van der Waals surface area (Å²) < 4.78 is 1.58. The second-order valence-electron chi connectivity index (χ2n) is 7.77. The van der Waals surface area contributed by atoms with Gasteiger partial charge in [0.2, 0.25) is 5.78 Å². The van der Waals surface area contributed by atoms with Crippen LogP contribution in [-0.4, -0.2) is 35.0 Å². The van der Waals surface area contributed by atoms with E-state index < -0.39 is 0 Å². The smallest absolute Gasteiger partial charge is 0.262 e. The number of aryl methyl sites for hydroxylation is 1. The Kier molecular flexibility index (Phi) is 5.33. The molecule has 0 radical (unpaired) electrons. The molecule has 0 aliphatic rings. The molecule has 8 nitrogen and oxygen atoms in total. The van der Waals surface area contributed by atoms with E-state index in [1.165, 1.54) is 0 Å². The average molecular weight is 425 g/mol. The van der Waals surface area contributed by atoms with Gasteiger partial charge in [-0.05, 0) is 40.0 Å².